The molecule has 7 nitrogen and oxygen atoms in total. The van der Waals surface area contributed by atoms with Crippen LogP contribution in [-0.4, -0.2) is 39.5 Å². The lowest BCUT2D eigenvalue weighted by Crippen LogP contribution is -2.39. The van der Waals surface area contributed by atoms with Crippen molar-refractivity contribution in [2.75, 3.05) is 32.5 Å². The molecule has 1 aliphatic heterocycles. The minimum atomic E-state index is -4.66. The number of nitrogens with zero attached hydrogens (tertiary/aromatic N) is 1. The molecule has 0 saturated heterocycles. The van der Waals surface area contributed by atoms with Gasteiger partial charge in [0.15, 0.2) is 5.75 Å². The van der Waals surface area contributed by atoms with Crippen molar-refractivity contribution in [2.24, 2.45) is 0 Å². The molecule has 2 aromatic carbocycles. The van der Waals surface area contributed by atoms with E-state index in [9.17, 15) is 22.8 Å². The van der Waals surface area contributed by atoms with Gasteiger partial charge in [0.1, 0.15) is 18.2 Å². The first-order chi connectivity index (χ1) is 17.7. The van der Waals surface area contributed by atoms with Crippen LogP contribution in [0.3, 0.4) is 0 Å². The standard InChI is InChI=1S/C27H28F3NO6/c1-34-25(32)21-15-36-16-31(24(21)26(33)35-2)22-14-19(27(28,29)30)10-13-23(22)37-20-11-8-18(9-12-20)17-6-4-3-5-7-17/h8-14,17H,3-7,15-16H2,1-2H3. The van der Waals surface area contributed by atoms with E-state index in [1.807, 2.05) is 12.1 Å². The smallest absolute Gasteiger partial charge is 0.416 e. The second kappa shape index (κ2) is 11.2. The van der Waals surface area contributed by atoms with Crippen molar-refractivity contribution in [1.82, 2.24) is 0 Å². The molecule has 10 heteroatoms. The quantitative estimate of drug-likeness (QED) is 0.438. The van der Waals surface area contributed by atoms with Crippen LogP contribution in [0.5, 0.6) is 11.5 Å². The number of carbonyl (C=O) groups excluding carboxylic acids is 2. The molecular weight excluding hydrogens is 491 g/mol. The Bertz CT molecular complexity index is 1170. The van der Waals surface area contributed by atoms with Gasteiger partial charge in [-0.05, 0) is 54.7 Å². The van der Waals surface area contributed by atoms with E-state index in [1.165, 1.54) is 30.9 Å². The Morgan fingerprint density at radius 3 is 2.24 bits per heavy atom. The van der Waals surface area contributed by atoms with E-state index in [1.54, 1.807) is 12.1 Å². The maximum atomic E-state index is 13.6. The van der Waals surface area contributed by atoms with Gasteiger partial charge in [-0.25, -0.2) is 9.59 Å². The van der Waals surface area contributed by atoms with Gasteiger partial charge in [0.05, 0.1) is 37.7 Å². The molecule has 37 heavy (non-hydrogen) atoms. The highest BCUT2D eigenvalue weighted by Crippen LogP contribution is 2.41. The second-order valence-corrected chi connectivity index (χ2v) is 8.90. The highest BCUT2D eigenvalue weighted by atomic mass is 19.4. The first kappa shape index (κ1) is 26.5. The van der Waals surface area contributed by atoms with Crippen LogP contribution in [0.1, 0.15) is 49.1 Å². The van der Waals surface area contributed by atoms with Crippen LogP contribution < -0.4 is 9.64 Å². The summed E-state index contributed by atoms with van der Waals surface area (Å²) in [6.45, 7) is -0.589. The molecule has 2 aliphatic rings. The Labute approximate surface area is 212 Å². The number of methoxy groups -OCH3 is 2. The fraction of sp³-hybridized carbons (Fsp3) is 0.407. The minimum Gasteiger partial charge on any atom is -0.466 e. The number of rotatable bonds is 6. The molecule has 0 N–H and O–H groups in total. The fourth-order valence-corrected chi connectivity index (χ4v) is 4.70. The topological polar surface area (TPSA) is 74.3 Å². The molecule has 0 spiro atoms. The van der Waals surface area contributed by atoms with Gasteiger partial charge in [-0.1, -0.05) is 31.4 Å². The van der Waals surface area contributed by atoms with E-state index in [2.05, 4.69) is 0 Å². The summed E-state index contributed by atoms with van der Waals surface area (Å²) in [5.41, 5.74) is -0.342. The number of anilines is 1. The van der Waals surface area contributed by atoms with E-state index in [0.29, 0.717) is 11.7 Å². The number of halogens is 3. The predicted molar refractivity (Wildman–Crippen MR) is 128 cm³/mol. The number of carbonyl (C=O) groups is 2. The third-order valence-electron chi connectivity index (χ3n) is 6.59. The molecule has 198 valence electrons. The lowest BCUT2D eigenvalue weighted by Gasteiger charge is -2.32. The number of ether oxygens (including phenoxy) is 4. The van der Waals surface area contributed by atoms with Gasteiger partial charge in [0, 0.05) is 0 Å². The van der Waals surface area contributed by atoms with Gasteiger partial charge in [-0.2, -0.15) is 13.2 Å². The predicted octanol–water partition coefficient (Wildman–Crippen LogP) is 5.94. The van der Waals surface area contributed by atoms with E-state index in [0.717, 1.165) is 44.1 Å². The van der Waals surface area contributed by atoms with Crippen molar-refractivity contribution in [2.45, 2.75) is 44.2 Å². The van der Waals surface area contributed by atoms with Crippen molar-refractivity contribution in [3.05, 3.63) is 64.9 Å². The summed E-state index contributed by atoms with van der Waals surface area (Å²) in [4.78, 5) is 26.1. The molecule has 0 atom stereocenters. The Morgan fingerprint density at radius 2 is 1.62 bits per heavy atom. The number of alkyl halides is 3. The number of esters is 2. The fourth-order valence-electron chi connectivity index (χ4n) is 4.70. The summed E-state index contributed by atoms with van der Waals surface area (Å²) in [7, 11) is 2.23. The van der Waals surface area contributed by atoms with Crippen LogP contribution in [0, 0.1) is 0 Å². The molecule has 0 bridgehead atoms. The van der Waals surface area contributed by atoms with Crippen LogP contribution in [0.25, 0.3) is 0 Å². The van der Waals surface area contributed by atoms with Crippen LogP contribution in [0.15, 0.2) is 53.7 Å². The molecular formula is C27H28F3NO6. The maximum absolute atomic E-state index is 13.6. The van der Waals surface area contributed by atoms with E-state index >= 15 is 0 Å². The van der Waals surface area contributed by atoms with Crippen molar-refractivity contribution in [3.63, 3.8) is 0 Å². The zero-order valence-electron chi connectivity index (χ0n) is 20.6. The largest absolute Gasteiger partial charge is 0.466 e. The summed E-state index contributed by atoms with van der Waals surface area (Å²) in [6, 6.07) is 10.4. The van der Waals surface area contributed by atoms with Crippen molar-refractivity contribution in [1.29, 1.82) is 0 Å². The summed E-state index contributed by atoms with van der Waals surface area (Å²) in [6.07, 6.45) is 1.23. The molecule has 4 rings (SSSR count). The van der Waals surface area contributed by atoms with E-state index in [-0.39, 0.29) is 36.0 Å². The van der Waals surface area contributed by atoms with Crippen LogP contribution in [0.4, 0.5) is 18.9 Å². The van der Waals surface area contributed by atoms with Crippen molar-refractivity contribution < 1.29 is 41.7 Å². The monoisotopic (exact) mass is 519 g/mol. The zero-order valence-corrected chi connectivity index (χ0v) is 20.6. The highest BCUT2D eigenvalue weighted by Gasteiger charge is 2.36. The molecule has 1 aliphatic carbocycles. The third-order valence-corrected chi connectivity index (χ3v) is 6.59. The van der Waals surface area contributed by atoms with Gasteiger partial charge >= 0.3 is 18.1 Å². The lowest BCUT2D eigenvalue weighted by atomic mass is 9.84. The molecule has 0 unspecified atom stereocenters. The molecule has 1 fully saturated rings. The molecule has 1 saturated carbocycles. The molecule has 0 amide bonds. The second-order valence-electron chi connectivity index (χ2n) is 8.90. The average Bonchev–Trinajstić information content (AvgIpc) is 2.92. The number of hydrogen-bond acceptors (Lipinski definition) is 7. The molecule has 0 radical (unpaired) electrons. The van der Waals surface area contributed by atoms with E-state index < -0.39 is 23.7 Å². The minimum absolute atomic E-state index is 0.0366. The van der Waals surface area contributed by atoms with Gasteiger partial charge in [-0.3, -0.25) is 0 Å². The molecule has 1 heterocycles. The normalized spacial score (nSPS) is 16.9. The van der Waals surface area contributed by atoms with Crippen LogP contribution >= 0.6 is 0 Å². The first-order valence-electron chi connectivity index (χ1n) is 12.0. The first-order valence-corrected chi connectivity index (χ1v) is 12.0. The van der Waals surface area contributed by atoms with Gasteiger partial charge in [0.2, 0.25) is 0 Å². The third kappa shape index (κ3) is 5.90. The number of hydrogen-bond donors (Lipinski definition) is 0. The summed E-state index contributed by atoms with van der Waals surface area (Å²) in [5, 5.41) is 0. The Hall–Kier alpha value is -3.53. The SMILES string of the molecule is COC(=O)C1=C(C(=O)OC)N(c2cc(C(F)(F)F)ccc2Oc2ccc(C3CCCCC3)cc2)COC1. The number of benzene rings is 2. The van der Waals surface area contributed by atoms with Crippen LogP contribution in [0.2, 0.25) is 0 Å². The van der Waals surface area contributed by atoms with Crippen molar-refractivity contribution in [3.8, 4) is 11.5 Å². The van der Waals surface area contributed by atoms with Gasteiger partial charge in [-0.15, -0.1) is 0 Å². The average molecular weight is 520 g/mol. The van der Waals surface area contributed by atoms with Crippen LogP contribution in [-0.2, 0) is 30.0 Å². The van der Waals surface area contributed by atoms with Gasteiger partial charge in [0.25, 0.3) is 0 Å². The van der Waals surface area contributed by atoms with Crippen molar-refractivity contribution >= 4 is 17.6 Å². The lowest BCUT2D eigenvalue weighted by molar-refractivity contribution is -0.140. The molecule has 0 aromatic heterocycles. The Balaban J connectivity index is 1.74. The Morgan fingerprint density at radius 1 is 0.946 bits per heavy atom. The summed E-state index contributed by atoms with van der Waals surface area (Å²) in [5.74, 6) is -0.856. The highest BCUT2D eigenvalue weighted by molar-refractivity contribution is 6.03. The van der Waals surface area contributed by atoms with Gasteiger partial charge < -0.3 is 23.8 Å². The van der Waals surface area contributed by atoms with E-state index in [4.69, 9.17) is 18.9 Å². The maximum Gasteiger partial charge on any atom is 0.416 e. The molecule has 2 aromatic rings. The summed E-state index contributed by atoms with van der Waals surface area (Å²) < 4.78 is 61.9. The zero-order chi connectivity index (χ0) is 26.6. The Kier molecular flexibility index (Phi) is 8.06. The summed E-state index contributed by atoms with van der Waals surface area (Å²) >= 11 is 0.